The second-order valence-electron chi connectivity index (χ2n) is 3.34. The molecular formula is C9H18NO2. The van der Waals surface area contributed by atoms with Gasteiger partial charge >= 0.3 is 0 Å². The van der Waals surface area contributed by atoms with E-state index in [2.05, 4.69) is 11.8 Å². The van der Waals surface area contributed by atoms with Gasteiger partial charge in [0.05, 0.1) is 13.2 Å². The molecule has 2 atom stereocenters. The molecule has 1 aliphatic rings. The van der Waals surface area contributed by atoms with Gasteiger partial charge in [-0.15, -0.1) is 0 Å². The lowest BCUT2D eigenvalue weighted by atomic mass is 9.96. The zero-order chi connectivity index (χ0) is 8.97. The summed E-state index contributed by atoms with van der Waals surface area (Å²) in [4.78, 5) is 2.10. The average Bonchev–Trinajstić information content (AvgIpc) is 2.16. The number of rotatable bonds is 3. The molecule has 0 aliphatic carbocycles. The number of aliphatic hydroxyl groups is 2. The van der Waals surface area contributed by atoms with Crippen LogP contribution in [0, 0.1) is 6.92 Å². The van der Waals surface area contributed by atoms with Crippen molar-refractivity contribution in [2.45, 2.75) is 31.3 Å². The summed E-state index contributed by atoms with van der Waals surface area (Å²) in [5.41, 5.74) is 0. The molecular weight excluding hydrogens is 154 g/mol. The zero-order valence-electron chi connectivity index (χ0n) is 7.45. The van der Waals surface area contributed by atoms with Gasteiger partial charge in [-0.05, 0) is 26.3 Å². The Balaban J connectivity index is 2.52. The molecule has 0 saturated carbocycles. The monoisotopic (exact) mass is 172 g/mol. The van der Waals surface area contributed by atoms with Crippen LogP contribution in [0.2, 0.25) is 0 Å². The van der Waals surface area contributed by atoms with Crippen LogP contribution >= 0.6 is 0 Å². The summed E-state index contributed by atoms with van der Waals surface area (Å²) in [6, 6.07) is 0.432. The number of hydrogen-bond acceptors (Lipinski definition) is 3. The molecule has 1 fully saturated rings. The van der Waals surface area contributed by atoms with E-state index in [1.807, 2.05) is 0 Å². The summed E-state index contributed by atoms with van der Waals surface area (Å²) >= 11 is 0. The molecule has 3 nitrogen and oxygen atoms in total. The Labute approximate surface area is 74.0 Å². The molecule has 2 N–H and O–H groups in total. The largest absolute Gasteiger partial charge is 0.395 e. The fourth-order valence-corrected chi connectivity index (χ4v) is 1.98. The SMILES string of the molecule is [CH2]CN1C(CO)CCCC1CO. The number of piperidine rings is 1. The molecule has 0 spiro atoms. The van der Waals surface area contributed by atoms with Crippen molar-refractivity contribution >= 4 is 0 Å². The summed E-state index contributed by atoms with van der Waals surface area (Å²) in [6.07, 6.45) is 3.16. The summed E-state index contributed by atoms with van der Waals surface area (Å²) in [6.45, 7) is 4.86. The molecule has 0 aromatic carbocycles. The maximum absolute atomic E-state index is 9.05. The van der Waals surface area contributed by atoms with Crippen LogP contribution in [0.1, 0.15) is 19.3 Å². The van der Waals surface area contributed by atoms with Crippen LogP contribution in [-0.4, -0.2) is 47.0 Å². The van der Waals surface area contributed by atoms with Gasteiger partial charge in [0, 0.05) is 12.1 Å². The topological polar surface area (TPSA) is 43.7 Å². The van der Waals surface area contributed by atoms with Crippen LogP contribution in [0.25, 0.3) is 0 Å². The first-order chi connectivity index (χ1) is 5.83. The van der Waals surface area contributed by atoms with Gasteiger partial charge in [0.25, 0.3) is 0 Å². The Bertz CT molecular complexity index is 118. The molecule has 0 aromatic heterocycles. The molecule has 1 aliphatic heterocycles. The van der Waals surface area contributed by atoms with Gasteiger partial charge in [-0.25, -0.2) is 0 Å². The van der Waals surface area contributed by atoms with Crippen molar-refractivity contribution < 1.29 is 10.2 Å². The average molecular weight is 172 g/mol. The first-order valence-corrected chi connectivity index (χ1v) is 4.60. The van der Waals surface area contributed by atoms with Crippen LogP contribution in [0.3, 0.4) is 0 Å². The lowest BCUT2D eigenvalue weighted by Gasteiger charge is -2.39. The Morgan fingerprint density at radius 1 is 1.17 bits per heavy atom. The van der Waals surface area contributed by atoms with Crippen molar-refractivity contribution in [2.24, 2.45) is 0 Å². The van der Waals surface area contributed by atoms with Gasteiger partial charge in [0.1, 0.15) is 0 Å². The molecule has 71 valence electrons. The fraction of sp³-hybridized carbons (Fsp3) is 0.889. The molecule has 1 radical (unpaired) electrons. The number of nitrogens with zero attached hydrogens (tertiary/aromatic N) is 1. The zero-order valence-corrected chi connectivity index (χ0v) is 7.45. The van der Waals surface area contributed by atoms with Crippen LogP contribution < -0.4 is 0 Å². The fourth-order valence-electron chi connectivity index (χ4n) is 1.98. The number of hydrogen-bond donors (Lipinski definition) is 2. The summed E-state index contributed by atoms with van der Waals surface area (Å²) in [5, 5.41) is 18.1. The van der Waals surface area contributed by atoms with E-state index >= 15 is 0 Å². The van der Waals surface area contributed by atoms with E-state index in [4.69, 9.17) is 10.2 Å². The van der Waals surface area contributed by atoms with Crippen molar-refractivity contribution in [3.05, 3.63) is 6.92 Å². The summed E-state index contributed by atoms with van der Waals surface area (Å²) in [7, 11) is 0. The van der Waals surface area contributed by atoms with Crippen molar-refractivity contribution in [1.82, 2.24) is 4.90 Å². The van der Waals surface area contributed by atoms with Crippen molar-refractivity contribution in [3.8, 4) is 0 Å². The van der Waals surface area contributed by atoms with Crippen LogP contribution in [0.4, 0.5) is 0 Å². The lowest BCUT2D eigenvalue weighted by molar-refractivity contribution is 0.0266. The highest BCUT2D eigenvalue weighted by Crippen LogP contribution is 2.21. The smallest absolute Gasteiger partial charge is 0.0587 e. The highest BCUT2D eigenvalue weighted by Gasteiger charge is 2.27. The van der Waals surface area contributed by atoms with E-state index in [1.54, 1.807) is 0 Å². The third-order valence-electron chi connectivity index (χ3n) is 2.69. The Morgan fingerprint density at radius 2 is 1.67 bits per heavy atom. The minimum Gasteiger partial charge on any atom is -0.395 e. The first kappa shape index (κ1) is 9.96. The van der Waals surface area contributed by atoms with Crippen LogP contribution in [0.15, 0.2) is 0 Å². The molecule has 3 heteroatoms. The number of likely N-dealkylation sites (tertiary alicyclic amines) is 1. The summed E-state index contributed by atoms with van der Waals surface area (Å²) in [5.74, 6) is 0. The molecule has 2 unspecified atom stereocenters. The van der Waals surface area contributed by atoms with Gasteiger partial charge in [-0.2, -0.15) is 0 Å². The molecule has 0 amide bonds. The second kappa shape index (κ2) is 4.80. The highest BCUT2D eigenvalue weighted by molar-refractivity contribution is 4.84. The maximum Gasteiger partial charge on any atom is 0.0587 e. The molecule has 1 heterocycles. The second-order valence-corrected chi connectivity index (χ2v) is 3.34. The minimum absolute atomic E-state index is 0.187. The standard InChI is InChI=1S/C9H18NO2/c1-2-10-8(6-11)4-3-5-9(10)7-12/h8-9,11-12H,1-7H2. The molecule has 12 heavy (non-hydrogen) atoms. The van der Waals surface area contributed by atoms with E-state index in [0.29, 0.717) is 6.54 Å². The molecule has 0 aromatic rings. The van der Waals surface area contributed by atoms with Crippen molar-refractivity contribution in [3.63, 3.8) is 0 Å². The molecule has 1 saturated heterocycles. The van der Waals surface area contributed by atoms with Crippen LogP contribution in [-0.2, 0) is 0 Å². The maximum atomic E-state index is 9.05. The van der Waals surface area contributed by atoms with Crippen LogP contribution in [0.5, 0.6) is 0 Å². The van der Waals surface area contributed by atoms with E-state index < -0.39 is 0 Å². The van der Waals surface area contributed by atoms with E-state index in [9.17, 15) is 0 Å². The van der Waals surface area contributed by atoms with Crippen molar-refractivity contribution in [1.29, 1.82) is 0 Å². The predicted molar refractivity (Wildman–Crippen MR) is 47.7 cm³/mol. The first-order valence-electron chi connectivity index (χ1n) is 4.60. The molecule has 1 rings (SSSR count). The Kier molecular flexibility index (Phi) is 3.98. The van der Waals surface area contributed by atoms with E-state index in [1.165, 1.54) is 0 Å². The van der Waals surface area contributed by atoms with Gasteiger partial charge in [0.2, 0.25) is 0 Å². The normalized spacial score (nSPS) is 32.2. The predicted octanol–water partition coefficient (Wildman–Crippen LogP) is 0.0282. The Hall–Kier alpha value is -0.120. The lowest BCUT2D eigenvalue weighted by Crippen LogP contribution is -2.49. The third-order valence-corrected chi connectivity index (χ3v) is 2.69. The molecule has 0 bridgehead atoms. The van der Waals surface area contributed by atoms with Gasteiger partial charge in [0.15, 0.2) is 0 Å². The van der Waals surface area contributed by atoms with E-state index in [0.717, 1.165) is 19.3 Å². The van der Waals surface area contributed by atoms with Crippen molar-refractivity contribution in [2.75, 3.05) is 19.8 Å². The quantitative estimate of drug-likeness (QED) is 0.631. The third kappa shape index (κ3) is 1.97. The Morgan fingerprint density at radius 3 is 2.00 bits per heavy atom. The van der Waals surface area contributed by atoms with E-state index in [-0.39, 0.29) is 25.3 Å². The highest BCUT2D eigenvalue weighted by atomic mass is 16.3. The van der Waals surface area contributed by atoms with Gasteiger partial charge in [-0.3, -0.25) is 4.90 Å². The number of aliphatic hydroxyl groups excluding tert-OH is 2. The van der Waals surface area contributed by atoms with Gasteiger partial charge in [-0.1, -0.05) is 6.42 Å². The minimum atomic E-state index is 0.187. The summed E-state index contributed by atoms with van der Waals surface area (Å²) < 4.78 is 0. The van der Waals surface area contributed by atoms with Gasteiger partial charge < -0.3 is 10.2 Å².